The van der Waals surface area contributed by atoms with E-state index in [2.05, 4.69) is 106 Å². The van der Waals surface area contributed by atoms with E-state index < -0.39 is 0 Å². The molecule has 0 aliphatic carbocycles. The van der Waals surface area contributed by atoms with Crippen molar-refractivity contribution in [2.45, 2.75) is 0 Å². The number of rotatable bonds is 4. The van der Waals surface area contributed by atoms with Crippen molar-refractivity contribution < 1.29 is 8.83 Å². The fourth-order valence-electron chi connectivity index (χ4n) is 7.76. The zero-order chi connectivity index (χ0) is 32.8. The molecule has 50 heavy (non-hydrogen) atoms. The second-order valence-corrected chi connectivity index (χ2v) is 12.6. The molecule has 5 aromatic carbocycles. The minimum atomic E-state index is 0.781. The van der Waals surface area contributed by atoms with Crippen molar-refractivity contribution >= 4 is 65.9 Å². The van der Waals surface area contributed by atoms with E-state index in [1.807, 2.05) is 60.9 Å². The first-order valence-electron chi connectivity index (χ1n) is 16.7. The lowest BCUT2D eigenvalue weighted by Crippen LogP contribution is -2.05. The van der Waals surface area contributed by atoms with Gasteiger partial charge in [-0.2, -0.15) is 0 Å². The third kappa shape index (κ3) is 3.73. The van der Waals surface area contributed by atoms with Crippen LogP contribution in [-0.4, -0.2) is 19.1 Å². The molecule has 6 nitrogen and oxygen atoms in total. The molecule has 0 unspecified atom stereocenters. The summed E-state index contributed by atoms with van der Waals surface area (Å²) in [6.07, 6.45) is 3.68. The number of hydrogen-bond donors (Lipinski definition) is 0. The summed E-state index contributed by atoms with van der Waals surface area (Å²) in [6, 6.07) is 50.1. The van der Waals surface area contributed by atoms with Crippen molar-refractivity contribution in [1.29, 1.82) is 0 Å². The number of hydrogen-bond acceptors (Lipinski definition) is 4. The summed E-state index contributed by atoms with van der Waals surface area (Å²) in [7, 11) is 0. The van der Waals surface area contributed by atoms with E-state index in [9.17, 15) is 0 Å². The largest absolute Gasteiger partial charge is 0.439 e. The summed E-state index contributed by atoms with van der Waals surface area (Å²) < 4.78 is 18.1. The molecule has 11 rings (SSSR count). The van der Waals surface area contributed by atoms with Crippen molar-refractivity contribution in [1.82, 2.24) is 19.1 Å². The molecule has 0 radical (unpaired) electrons. The highest BCUT2D eigenvalue weighted by atomic mass is 16.3. The summed E-state index contributed by atoms with van der Waals surface area (Å²) in [5.74, 6) is 0. The molecular formula is C44H26N4O2. The first kappa shape index (κ1) is 27.1. The van der Waals surface area contributed by atoms with Gasteiger partial charge < -0.3 is 8.83 Å². The van der Waals surface area contributed by atoms with Gasteiger partial charge in [0.15, 0.2) is 0 Å². The molecule has 6 aromatic heterocycles. The molecule has 0 atom stereocenters. The standard InChI is InChI=1S/C44H26N4O2/c1-5-19-35-27(13-1)41-29-15-3-7-21-39(29)49-43(41)47(35)37-25-31(33-17-9-11-23-45-33)32(34-18-10-12-24-46-34)26-38(37)48-36-20-6-2-14-28(36)42-30-16-4-8-22-40(30)50-44(42)48/h1-26H. The maximum Gasteiger partial charge on any atom is 0.213 e. The lowest BCUT2D eigenvalue weighted by molar-refractivity contribution is 0.640. The Labute approximate surface area is 285 Å². The Morgan fingerprint density at radius 1 is 0.400 bits per heavy atom. The normalized spacial score (nSPS) is 12.0. The van der Waals surface area contributed by atoms with Gasteiger partial charge in [-0.15, -0.1) is 0 Å². The van der Waals surface area contributed by atoms with Crippen LogP contribution in [0.2, 0.25) is 0 Å². The second kappa shape index (κ2) is 10.3. The Morgan fingerprint density at radius 3 is 1.24 bits per heavy atom. The second-order valence-electron chi connectivity index (χ2n) is 12.6. The molecule has 0 saturated carbocycles. The number of nitrogens with zero attached hydrogens (tertiary/aromatic N) is 4. The summed E-state index contributed by atoms with van der Waals surface area (Å²) in [6.45, 7) is 0. The highest BCUT2D eigenvalue weighted by molar-refractivity contribution is 6.21. The van der Waals surface area contributed by atoms with E-state index in [0.717, 1.165) is 99.8 Å². The van der Waals surface area contributed by atoms with Gasteiger partial charge in [0.05, 0.1) is 44.6 Å². The quantitative estimate of drug-likeness (QED) is 0.192. The van der Waals surface area contributed by atoms with Crippen molar-refractivity contribution in [2.24, 2.45) is 0 Å². The predicted molar refractivity (Wildman–Crippen MR) is 201 cm³/mol. The minimum Gasteiger partial charge on any atom is -0.439 e. The zero-order valence-corrected chi connectivity index (χ0v) is 26.6. The van der Waals surface area contributed by atoms with Crippen LogP contribution in [0.4, 0.5) is 0 Å². The first-order chi connectivity index (χ1) is 24.8. The van der Waals surface area contributed by atoms with E-state index in [1.165, 1.54) is 0 Å². The molecule has 6 heteroatoms. The molecule has 0 bridgehead atoms. The van der Waals surface area contributed by atoms with E-state index in [-0.39, 0.29) is 0 Å². The van der Waals surface area contributed by atoms with E-state index in [0.29, 0.717) is 0 Å². The Morgan fingerprint density at radius 2 is 0.800 bits per heavy atom. The number of aromatic nitrogens is 4. The van der Waals surface area contributed by atoms with Crippen LogP contribution < -0.4 is 0 Å². The average Bonchev–Trinajstić information content (AvgIpc) is 3.91. The summed E-state index contributed by atoms with van der Waals surface area (Å²) in [5.41, 5.74) is 10.8. The van der Waals surface area contributed by atoms with Crippen LogP contribution in [0.3, 0.4) is 0 Å². The van der Waals surface area contributed by atoms with Crippen LogP contribution in [0.15, 0.2) is 167 Å². The Kier molecular flexibility index (Phi) is 5.57. The molecule has 11 aromatic rings. The number of fused-ring (bicyclic) bond motifs is 10. The van der Waals surface area contributed by atoms with E-state index >= 15 is 0 Å². The van der Waals surface area contributed by atoms with Gasteiger partial charge in [0, 0.05) is 45.1 Å². The van der Waals surface area contributed by atoms with Crippen LogP contribution in [0.25, 0.3) is 99.8 Å². The van der Waals surface area contributed by atoms with Gasteiger partial charge in [-0.1, -0.05) is 84.9 Å². The molecule has 0 spiro atoms. The summed E-state index contributed by atoms with van der Waals surface area (Å²) in [4.78, 5) is 9.70. The summed E-state index contributed by atoms with van der Waals surface area (Å²) >= 11 is 0. The number of benzene rings is 5. The Bertz CT molecular complexity index is 2880. The van der Waals surface area contributed by atoms with Crippen LogP contribution in [0.1, 0.15) is 0 Å². The number of pyridine rings is 2. The fraction of sp³-hybridized carbons (Fsp3) is 0. The number of para-hydroxylation sites is 4. The molecule has 6 heterocycles. The maximum atomic E-state index is 6.78. The molecule has 0 aliphatic rings. The van der Waals surface area contributed by atoms with Crippen LogP contribution in [0, 0.1) is 0 Å². The predicted octanol–water partition coefficient (Wildman–Crippen LogP) is 11.5. The fourth-order valence-corrected chi connectivity index (χ4v) is 7.76. The first-order valence-corrected chi connectivity index (χ1v) is 16.7. The van der Waals surface area contributed by atoms with Crippen LogP contribution in [-0.2, 0) is 0 Å². The van der Waals surface area contributed by atoms with Gasteiger partial charge in [0.2, 0.25) is 11.4 Å². The average molecular weight is 643 g/mol. The highest BCUT2D eigenvalue weighted by Gasteiger charge is 2.27. The van der Waals surface area contributed by atoms with Crippen molar-refractivity contribution in [2.75, 3.05) is 0 Å². The van der Waals surface area contributed by atoms with E-state index in [1.54, 1.807) is 0 Å². The van der Waals surface area contributed by atoms with Crippen molar-refractivity contribution in [3.05, 3.63) is 158 Å². The Balaban J connectivity index is 1.37. The van der Waals surface area contributed by atoms with Crippen LogP contribution >= 0.6 is 0 Å². The van der Waals surface area contributed by atoms with Crippen molar-refractivity contribution in [3.8, 4) is 33.9 Å². The molecule has 0 saturated heterocycles. The van der Waals surface area contributed by atoms with Crippen LogP contribution in [0.5, 0.6) is 0 Å². The smallest absolute Gasteiger partial charge is 0.213 e. The number of furan rings is 2. The maximum absolute atomic E-state index is 6.78. The van der Waals surface area contributed by atoms with Gasteiger partial charge in [0.25, 0.3) is 0 Å². The molecule has 0 amide bonds. The van der Waals surface area contributed by atoms with Crippen molar-refractivity contribution in [3.63, 3.8) is 0 Å². The Hall–Kier alpha value is -6.92. The lowest BCUT2D eigenvalue weighted by atomic mass is 9.98. The minimum absolute atomic E-state index is 0.781. The van der Waals surface area contributed by atoms with Gasteiger partial charge in [0.1, 0.15) is 11.2 Å². The molecule has 0 fully saturated rings. The lowest BCUT2D eigenvalue weighted by Gasteiger charge is -2.19. The SMILES string of the molecule is c1ccc(-c2cc(-n3c4ccccc4c4c5ccccc5oc43)c(-n3c4ccccc4c4c5ccccc5oc43)cc2-c2ccccn2)nc1. The molecular weight excluding hydrogens is 617 g/mol. The van der Waals surface area contributed by atoms with Gasteiger partial charge in [-0.25, -0.2) is 0 Å². The van der Waals surface area contributed by atoms with Gasteiger partial charge >= 0.3 is 0 Å². The van der Waals surface area contributed by atoms with E-state index in [4.69, 9.17) is 18.8 Å². The summed E-state index contributed by atoms with van der Waals surface area (Å²) in [5, 5.41) is 6.58. The monoisotopic (exact) mass is 642 g/mol. The molecule has 0 N–H and O–H groups in total. The van der Waals surface area contributed by atoms with Gasteiger partial charge in [-0.05, 0) is 60.7 Å². The topological polar surface area (TPSA) is 61.9 Å². The molecule has 0 aliphatic heterocycles. The molecule has 234 valence electrons. The highest BCUT2D eigenvalue weighted by Crippen LogP contribution is 2.46. The third-order valence-electron chi connectivity index (χ3n) is 9.87. The zero-order valence-electron chi connectivity index (χ0n) is 26.6. The van der Waals surface area contributed by atoms with Gasteiger partial charge in [-0.3, -0.25) is 19.1 Å². The third-order valence-corrected chi connectivity index (χ3v) is 9.87.